The van der Waals surface area contributed by atoms with Crippen LogP contribution >= 0.6 is 22.9 Å². The minimum absolute atomic E-state index is 0.277. The maximum atomic E-state index is 12.7. The number of ether oxygens (including phenoxy) is 2. The Morgan fingerprint density at radius 1 is 1.13 bits per heavy atom. The van der Waals surface area contributed by atoms with Crippen molar-refractivity contribution in [3.05, 3.63) is 92.4 Å². The third-order valence-electron chi connectivity index (χ3n) is 7.16. The number of Topliss-reactive ketones (excluding diaryl/α,β-unsaturated/α-hetero) is 1. The summed E-state index contributed by atoms with van der Waals surface area (Å²) in [7, 11) is 1.91. The number of imide groups is 1. The molecule has 2 unspecified atom stereocenters. The number of urea groups is 1. The van der Waals surface area contributed by atoms with Gasteiger partial charge in [-0.3, -0.25) is 18.8 Å². The van der Waals surface area contributed by atoms with Crippen LogP contribution in [0.3, 0.4) is 0 Å². The fourth-order valence-electron chi connectivity index (χ4n) is 4.99. The molecule has 3 aromatic heterocycles. The number of fused-ring (bicyclic) bond motifs is 2. The van der Waals surface area contributed by atoms with Crippen LogP contribution in [0.25, 0.3) is 11.0 Å². The summed E-state index contributed by atoms with van der Waals surface area (Å²) in [5.41, 5.74) is 10.1. The topological polar surface area (TPSA) is 158 Å². The first-order chi connectivity index (χ1) is 21.5. The minimum Gasteiger partial charge on any atom is -0.497 e. The highest BCUT2D eigenvalue weighted by Crippen LogP contribution is 2.41. The number of aromatic amines is 1. The number of nitrogens with zero attached hydrogens (tertiary/aromatic N) is 3. The molecule has 0 fully saturated rings. The van der Waals surface area contributed by atoms with Crippen LogP contribution in [0.4, 0.5) is 10.5 Å². The second-order valence-electron chi connectivity index (χ2n) is 9.95. The molecule has 0 aliphatic carbocycles. The van der Waals surface area contributed by atoms with E-state index in [4.69, 9.17) is 26.8 Å². The summed E-state index contributed by atoms with van der Waals surface area (Å²) < 4.78 is 23.3. The van der Waals surface area contributed by atoms with E-state index in [9.17, 15) is 18.6 Å². The molecule has 1 aliphatic heterocycles. The Kier molecular flexibility index (Phi) is 9.32. The van der Waals surface area contributed by atoms with E-state index in [0.717, 1.165) is 44.3 Å². The first-order valence-electron chi connectivity index (χ1n) is 13.5. The third kappa shape index (κ3) is 6.32. The molecule has 14 heteroatoms. The predicted molar refractivity (Wildman–Crippen MR) is 173 cm³/mol. The van der Waals surface area contributed by atoms with Crippen LogP contribution in [-0.2, 0) is 21.3 Å². The van der Waals surface area contributed by atoms with Crippen molar-refractivity contribution in [1.82, 2.24) is 15.0 Å². The molecule has 2 aromatic carbocycles. The number of primary amides is 1. The number of thiophene rings is 1. The number of nitrogens with two attached hydrogens (primary N) is 1. The molecule has 4 heterocycles. The number of hydrogen-bond donors (Lipinski definition) is 2. The summed E-state index contributed by atoms with van der Waals surface area (Å²) in [6.07, 6.45) is 1.74. The molecule has 3 amide bonds. The van der Waals surface area contributed by atoms with Crippen molar-refractivity contribution >= 4 is 68.2 Å². The number of carbonyl (C=O) groups excluding carboxylic acids is 3. The van der Waals surface area contributed by atoms with Crippen LogP contribution in [0, 0.1) is 13.8 Å². The number of nitrogens with one attached hydrogen (secondary N) is 1. The van der Waals surface area contributed by atoms with Gasteiger partial charge in [0, 0.05) is 28.4 Å². The Hall–Kier alpha value is -4.59. The lowest BCUT2D eigenvalue weighted by molar-refractivity contribution is -0.117. The number of aromatic nitrogens is 3. The van der Waals surface area contributed by atoms with Crippen LogP contribution in [0.2, 0.25) is 5.02 Å². The van der Waals surface area contributed by atoms with E-state index in [1.54, 1.807) is 44.0 Å². The highest BCUT2D eigenvalue weighted by atomic mass is 35.5. The normalized spacial score (nSPS) is 14.5. The number of pyridine rings is 1. The number of halogens is 1. The number of hydrogen-bond acceptors (Lipinski definition) is 9. The van der Waals surface area contributed by atoms with Gasteiger partial charge in [-0.1, -0.05) is 17.7 Å². The summed E-state index contributed by atoms with van der Waals surface area (Å²) in [6.45, 7) is 3.86. The van der Waals surface area contributed by atoms with Gasteiger partial charge < -0.3 is 20.2 Å². The lowest BCUT2D eigenvalue weighted by Crippen LogP contribution is -2.40. The van der Waals surface area contributed by atoms with Crippen molar-refractivity contribution < 1.29 is 28.1 Å². The van der Waals surface area contributed by atoms with E-state index in [-0.39, 0.29) is 11.5 Å². The molecule has 45 heavy (non-hydrogen) atoms. The number of carbonyl (C=O) groups is 3. The van der Waals surface area contributed by atoms with E-state index in [2.05, 4.69) is 15.0 Å². The van der Waals surface area contributed by atoms with Gasteiger partial charge in [-0.2, -0.15) is 0 Å². The molecule has 3 N–H and O–H groups in total. The summed E-state index contributed by atoms with van der Waals surface area (Å²) in [5, 5.41) is 2.56. The van der Waals surface area contributed by atoms with Gasteiger partial charge in [0.2, 0.25) is 0 Å². The zero-order chi connectivity index (χ0) is 32.4. The molecular formula is C31H28ClN5O6S2. The second kappa shape index (κ2) is 13.2. The number of anilines is 1. The highest BCUT2D eigenvalue weighted by molar-refractivity contribution is 7.84. The number of amides is 3. The molecule has 0 saturated carbocycles. The first kappa shape index (κ1) is 31.8. The van der Waals surface area contributed by atoms with E-state index in [1.165, 1.54) is 23.5 Å². The molecule has 6 rings (SSSR count). The quantitative estimate of drug-likeness (QED) is 0.166. The molecule has 232 valence electrons. The average molecular weight is 666 g/mol. The van der Waals surface area contributed by atoms with Gasteiger partial charge in [0.05, 0.1) is 58.1 Å². The predicted octanol–water partition coefficient (Wildman–Crippen LogP) is 5.69. The number of rotatable bonds is 7. The molecule has 1 aliphatic rings. The molecule has 0 spiro atoms. The van der Waals surface area contributed by atoms with Crippen LogP contribution in [0.1, 0.15) is 38.0 Å². The van der Waals surface area contributed by atoms with Gasteiger partial charge >= 0.3 is 6.03 Å². The van der Waals surface area contributed by atoms with Gasteiger partial charge in [-0.25, -0.2) is 14.7 Å². The van der Waals surface area contributed by atoms with Crippen molar-refractivity contribution in [3.63, 3.8) is 0 Å². The summed E-state index contributed by atoms with van der Waals surface area (Å²) in [5.74, 6) is -0.291. The Balaban J connectivity index is 0.000000179. The van der Waals surface area contributed by atoms with Crippen LogP contribution in [-0.4, -0.2) is 51.1 Å². The van der Waals surface area contributed by atoms with Crippen molar-refractivity contribution in [1.29, 1.82) is 0 Å². The minimum atomic E-state index is -1.33. The number of imidazole rings is 1. The smallest absolute Gasteiger partial charge is 0.326 e. The summed E-state index contributed by atoms with van der Waals surface area (Å²) in [4.78, 5) is 49.6. The van der Waals surface area contributed by atoms with Gasteiger partial charge in [-0.05, 0) is 61.2 Å². The van der Waals surface area contributed by atoms with Gasteiger partial charge in [-0.15, -0.1) is 11.3 Å². The van der Waals surface area contributed by atoms with Gasteiger partial charge in [0.1, 0.15) is 17.4 Å². The zero-order valence-electron chi connectivity index (χ0n) is 24.6. The maximum absolute atomic E-state index is 12.7. The molecule has 0 radical (unpaired) electrons. The zero-order valence-corrected chi connectivity index (χ0v) is 27.0. The lowest BCUT2D eigenvalue weighted by Gasteiger charge is -2.12. The molecule has 0 bridgehead atoms. The average Bonchev–Trinajstić information content (AvgIpc) is 3.76. The number of benzene rings is 2. The molecular weight excluding hydrogens is 638 g/mol. The molecule has 11 nitrogen and oxygen atoms in total. The van der Waals surface area contributed by atoms with Gasteiger partial charge in [0.25, 0.3) is 5.91 Å². The Morgan fingerprint density at radius 2 is 1.91 bits per heavy atom. The second-order valence-corrected chi connectivity index (χ2v) is 12.7. The Bertz CT molecular complexity index is 1960. The van der Waals surface area contributed by atoms with Crippen molar-refractivity contribution in [2.75, 3.05) is 19.1 Å². The van der Waals surface area contributed by atoms with Crippen LogP contribution in [0.5, 0.6) is 11.5 Å². The fraction of sp³-hybridized carbons (Fsp3) is 0.194. The number of ketones is 1. The van der Waals surface area contributed by atoms with Crippen molar-refractivity contribution in [2.24, 2.45) is 5.73 Å². The molecule has 5 aromatic rings. The maximum Gasteiger partial charge on any atom is 0.326 e. The Morgan fingerprint density at radius 3 is 2.58 bits per heavy atom. The van der Waals surface area contributed by atoms with E-state index in [1.807, 2.05) is 32.0 Å². The van der Waals surface area contributed by atoms with Crippen LogP contribution < -0.4 is 20.1 Å². The SMILES string of the molecule is COc1ccc2nc(S(=O)Cc3ncc(C)c(OC)c3C)[nH]c2c1.NC(=O)N1C(=O)C(C(=O)c2cccs2)c2cc(Cl)ccc21. The monoisotopic (exact) mass is 665 g/mol. The van der Waals surface area contributed by atoms with E-state index in [0.29, 0.717) is 26.3 Å². The third-order valence-corrected chi connectivity index (χ3v) is 9.44. The van der Waals surface area contributed by atoms with E-state index >= 15 is 0 Å². The first-order valence-corrected chi connectivity index (χ1v) is 16.0. The molecule has 0 saturated heterocycles. The Labute approximate surface area is 269 Å². The standard InChI is InChI=1S/C17H19N3O3S.C14H9ClN2O3S/c1-10-8-18-15(11(2)16(10)23-4)9-24(21)17-19-13-6-5-12(22-3)7-14(13)20-17;15-7-3-4-9-8(6-7)11(13(19)17(9)14(16)20)12(18)10-2-1-5-21-10/h5-8H,9H2,1-4H3,(H,19,20);1-6,11H,(H2,16,20). The van der Waals surface area contributed by atoms with Gasteiger partial charge in [0.15, 0.2) is 10.9 Å². The fourth-order valence-corrected chi connectivity index (χ4v) is 6.97. The van der Waals surface area contributed by atoms with Crippen molar-refractivity contribution in [3.8, 4) is 11.5 Å². The highest BCUT2D eigenvalue weighted by Gasteiger charge is 2.44. The lowest BCUT2D eigenvalue weighted by atomic mass is 9.95. The summed E-state index contributed by atoms with van der Waals surface area (Å²) >= 11 is 7.18. The van der Waals surface area contributed by atoms with Crippen molar-refractivity contribution in [2.45, 2.75) is 30.7 Å². The number of aryl methyl sites for hydroxylation is 1. The van der Waals surface area contributed by atoms with Crippen LogP contribution in [0.15, 0.2) is 65.3 Å². The summed E-state index contributed by atoms with van der Waals surface area (Å²) in [6, 6.07) is 12.5. The number of methoxy groups -OCH3 is 2. The number of H-pyrrole nitrogens is 1. The largest absolute Gasteiger partial charge is 0.497 e. The van der Waals surface area contributed by atoms with E-state index < -0.39 is 28.7 Å². The molecule has 2 atom stereocenters.